The maximum atomic E-state index is 12.6. The fourth-order valence-electron chi connectivity index (χ4n) is 3.08. The molecule has 2 aliphatic rings. The summed E-state index contributed by atoms with van der Waals surface area (Å²) in [5.41, 5.74) is 1.17. The third-order valence-corrected chi connectivity index (χ3v) is 5.39. The molecule has 1 unspecified atom stereocenters. The lowest BCUT2D eigenvalue weighted by Crippen LogP contribution is -2.48. The van der Waals surface area contributed by atoms with Crippen molar-refractivity contribution in [3.8, 4) is 0 Å². The number of hydrogen-bond acceptors (Lipinski definition) is 3. The molecule has 2 saturated heterocycles. The average molecular weight is 318 g/mol. The monoisotopic (exact) mass is 318 g/mol. The van der Waals surface area contributed by atoms with Gasteiger partial charge in [-0.25, -0.2) is 0 Å². The predicted octanol–water partition coefficient (Wildman–Crippen LogP) is 2.14. The second-order valence-electron chi connectivity index (χ2n) is 5.90. The van der Waals surface area contributed by atoms with Crippen LogP contribution >= 0.6 is 11.8 Å². The number of hydrogen-bond donors (Lipinski definition) is 0. The van der Waals surface area contributed by atoms with Crippen LogP contribution in [0.3, 0.4) is 0 Å². The maximum absolute atomic E-state index is 12.6. The van der Waals surface area contributed by atoms with Crippen molar-refractivity contribution in [1.29, 1.82) is 0 Å². The van der Waals surface area contributed by atoms with E-state index in [1.807, 2.05) is 35.2 Å². The van der Waals surface area contributed by atoms with Gasteiger partial charge in [-0.15, -0.1) is 11.8 Å². The van der Waals surface area contributed by atoms with E-state index in [2.05, 4.69) is 0 Å². The van der Waals surface area contributed by atoms with Gasteiger partial charge in [0.2, 0.25) is 11.8 Å². The highest BCUT2D eigenvalue weighted by Crippen LogP contribution is 2.25. The summed E-state index contributed by atoms with van der Waals surface area (Å²) < 4.78 is 0. The Morgan fingerprint density at radius 1 is 1.14 bits per heavy atom. The standard InChI is InChI=1S/C17H22N2O2S/c20-16(9-8-14-6-2-1-3-7-14)19-13-22-12-15(19)17(21)18-10-4-5-11-18/h1-3,6-7,15H,4-5,8-13H2. The van der Waals surface area contributed by atoms with Crippen LogP contribution in [0.4, 0.5) is 0 Å². The van der Waals surface area contributed by atoms with E-state index in [-0.39, 0.29) is 17.9 Å². The molecule has 0 aromatic heterocycles. The number of nitrogens with zero attached hydrogens (tertiary/aromatic N) is 2. The van der Waals surface area contributed by atoms with E-state index in [4.69, 9.17) is 0 Å². The Labute approximate surface area is 135 Å². The fraction of sp³-hybridized carbons (Fsp3) is 0.529. The molecule has 0 aliphatic carbocycles. The zero-order valence-corrected chi connectivity index (χ0v) is 13.6. The Kier molecular flexibility index (Phi) is 5.03. The van der Waals surface area contributed by atoms with Gasteiger partial charge in [-0.3, -0.25) is 9.59 Å². The van der Waals surface area contributed by atoms with Crippen LogP contribution in [0.15, 0.2) is 30.3 Å². The minimum atomic E-state index is -0.244. The molecule has 4 nitrogen and oxygen atoms in total. The first-order valence-corrected chi connectivity index (χ1v) is 9.11. The molecule has 1 aromatic rings. The Hall–Kier alpha value is -1.49. The van der Waals surface area contributed by atoms with E-state index in [1.54, 1.807) is 16.7 Å². The third kappa shape index (κ3) is 3.46. The zero-order valence-electron chi connectivity index (χ0n) is 12.7. The SMILES string of the molecule is O=C(C1CSCN1C(=O)CCc1ccccc1)N1CCCC1. The lowest BCUT2D eigenvalue weighted by atomic mass is 10.1. The minimum Gasteiger partial charge on any atom is -0.341 e. The van der Waals surface area contributed by atoms with E-state index in [0.717, 1.165) is 38.1 Å². The van der Waals surface area contributed by atoms with Gasteiger partial charge >= 0.3 is 0 Å². The average Bonchev–Trinajstić information content (AvgIpc) is 3.24. The van der Waals surface area contributed by atoms with Crippen LogP contribution in [0, 0.1) is 0 Å². The lowest BCUT2D eigenvalue weighted by molar-refractivity contribution is -0.142. The molecule has 2 amide bonds. The summed E-state index contributed by atoms with van der Waals surface area (Å²) in [7, 11) is 0. The summed E-state index contributed by atoms with van der Waals surface area (Å²) in [4.78, 5) is 28.8. The number of thioether (sulfide) groups is 1. The minimum absolute atomic E-state index is 0.103. The molecule has 118 valence electrons. The molecule has 2 heterocycles. The lowest BCUT2D eigenvalue weighted by Gasteiger charge is -2.27. The van der Waals surface area contributed by atoms with Crippen LogP contribution in [0.25, 0.3) is 0 Å². The molecular weight excluding hydrogens is 296 g/mol. The molecule has 0 saturated carbocycles. The Bertz CT molecular complexity index is 529. The summed E-state index contributed by atoms with van der Waals surface area (Å²) in [6.07, 6.45) is 3.40. The normalized spacial score (nSPS) is 21.4. The van der Waals surface area contributed by atoms with E-state index in [9.17, 15) is 9.59 Å². The van der Waals surface area contributed by atoms with Gasteiger partial charge in [-0.05, 0) is 24.8 Å². The third-order valence-electron chi connectivity index (χ3n) is 4.38. The van der Waals surface area contributed by atoms with Gasteiger partial charge < -0.3 is 9.80 Å². The first-order valence-electron chi connectivity index (χ1n) is 7.95. The van der Waals surface area contributed by atoms with Crippen LogP contribution < -0.4 is 0 Å². The van der Waals surface area contributed by atoms with Crippen LogP contribution in [-0.4, -0.2) is 52.4 Å². The summed E-state index contributed by atoms with van der Waals surface area (Å²) in [6.45, 7) is 1.71. The molecular formula is C17H22N2O2S. The summed E-state index contributed by atoms with van der Waals surface area (Å²) >= 11 is 1.68. The quantitative estimate of drug-likeness (QED) is 0.854. The van der Waals surface area contributed by atoms with Gasteiger partial charge in [-0.2, -0.15) is 0 Å². The molecule has 0 spiro atoms. The predicted molar refractivity (Wildman–Crippen MR) is 88.5 cm³/mol. The van der Waals surface area contributed by atoms with Gasteiger partial charge in [0.25, 0.3) is 0 Å². The second kappa shape index (κ2) is 7.18. The Morgan fingerprint density at radius 2 is 1.86 bits per heavy atom. The molecule has 1 atom stereocenters. The highest BCUT2D eigenvalue weighted by Gasteiger charge is 2.37. The van der Waals surface area contributed by atoms with E-state index in [1.165, 1.54) is 5.56 Å². The van der Waals surface area contributed by atoms with Gasteiger partial charge in [0, 0.05) is 25.3 Å². The number of rotatable bonds is 4. The second-order valence-corrected chi connectivity index (χ2v) is 6.90. The Morgan fingerprint density at radius 3 is 2.59 bits per heavy atom. The molecule has 5 heteroatoms. The highest BCUT2D eigenvalue weighted by molar-refractivity contribution is 7.99. The molecule has 2 aliphatic heterocycles. The van der Waals surface area contributed by atoms with Crippen molar-refractivity contribution in [2.75, 3.05) is 24.7 Å². The van der Waals surface area contributed by atoms with Crippen LogP contribution in [-0.2, 0) is 16.0 Å². The van der Waals surface area contributed by atoms with Crippen molar-refractivity contribution in [2.24, 2.45) is 0 Å². The van der Waals surface area contributed by atoms with Gasteiger partial charge in [0.15, 0.2) is 0 Å². The summed E-state index contributed by atoms with van der Waals surface area (Å²) in [6, 6.07) is 9.80. The summed E-state index contributed by atoms with van der Waals surface area (Å²) in [5.74, 6) is 1.64. The van der Waals surface area contributed by atoms with Crippen molar-refractivity contribution in [3.05, 3.63) is 35.9 Å². The molecule has 22 heavy (non-hydrogen) atoms. The fourth-order valence-corrected chi connectivity index (χ4v) is 4.25. The van der Waals surface area contributed by atoms with Crippen molar-refractivity contribution < 1.29 is 9.59 Å². The topological polar surface area (TPSA) is 40.6 Å². The van der Waals surface area contributed by atoms with Crippen molar-refractivity contribution in [2.45, 2.75) is 31.7 Å². The zero-order chi connectivity index (χ0) is 15.4. The number of aryl methyl sites for hydroxylation is 1. The first kappa shape index (κ1) is 15.4. The number of benzene rings is 1. The van der Waals surface area contributed by atoms with E-state index < -0.39 is 0 Å². The van der Waals surface area contributed by atoms with Gasteiger partial charge in [0.05, 0.1) is 5.88 Å². The van der Waals surface area contributed by atoms with Crippen molar-refractivity contribution in [1.82, 2.24) is 9.80 Å². The van der Waals surface area contributed by atoms with Crippen molar-refractivity contribution in [3.63, 3.8) is 0 Å². The van der Waals surface area contributed by atoms with Crippen LogP contribution in [0.2, 0.25) is 0 Å². The summed E-state index contributed by atoms with van der Waals surface area (Å²) in [5, 5.41) is 0. The number of likely N-dealkylation sites (tertiary alicyclic amines) is 1. The Balaban J connectivity index is 1.57. The van der Waals surface area contributed by atoms with Crippen molar-refractivity contribution >= 4 is 23.6 Å². The maximum Gasteiger partial charge on any atom is 0.246 e. The molecule has 2 fully saturated rings. The number of amides is 2. The molecule has 1 aromatic carbocycles. The first-order chi connectivity index (χ1) is 10.8. The largest absolute Gasteiger partial charge is 0.341 e. The molecule has 0 N–H and O–H groups in total. The van der Waals surface area contributed by atoms with E-state index >= 15 is 0 Å². The van der Waals surface area contributed by atoms with E-state index in [0.29, 0.717) is 12.3 Å². The molecule has 3 rings (SSSR count). The molecule has 0 radical (unpaired) electrons. The van der Waals surface area contributed by atoms with Gasteiger partial charge in [-0.1, -0.05) is 30.3 Å². The smallest absolute Gasteiger partial charge is 0.246 e. The molecule has 0 bridgehead atoms. The van der Waals surface area contributed by atoms with Crippen LogP contribution in [0.1, 0.15) is 24.8 Å². The van der Waals surface area contributed by atoms with Crippen LogP contribution in [0.5, 0.6) is 0 Å². The highest BCUT2D eigenvalue weighted by atomic mass is 32.2. The number of carbonyl (C=O) groups excluding carboxylic acids is 2. The number of carbonyl (C=O) groups is 2. The van der Waals surface area contributed by atoms with Gasteiger partial charge in [0.1, 0.15) is 6.04 Å².